The maximum absolute atomic E-state index is 5.94. The van der Waals surface area contributed by atoms with Gasteiger partial charge in [-0.1, -0.05) is 13.8 Å². The lowest BCUT2D eigenvalue weighted by Gasteiger charge is -2.27. The fraction of sp³-hybridized carbons (Fsp3) is 0.692. The normalized spacial score (nSPS) is 15.8. The van der Waals surface area contributed by atoms with Gasteiger partial charge in [-0.2, -0.15) is 0 Å². The molecule has 4 heteroatoms. The molecular formula is C13H21N3O. The Balaban J connectivity index is 2.25. The van der Waals surface area contributed by atoms with Crippen LogP contribution in [0, 0.1) is 0 Å². The summed E-state index contributed by atoms with van der Waals surface area (Å²) in [7, 11) is 0. The number of anilines is 1. The minimum Gasteiger partial charge on any atom is -0.474 e. The second-order valence-electron chi connectivity index (χ2n) is 4.80. The highest BCUT2D eigenvalue weighted by Gasteiger charge is 2.23. The number of aromatic nitrogens is 2. The van der Waals surface area contributed by atoms with Gasteiger partial charge < -0.3 is 10.1 Å². The summed E-state index contributed by atoms with van der Waals surface area (Å²) in [5.41, 5.74) is 1.10. The Kier molecular flexibility index (Phi) is 3.82. The lowest BCUT2D eigenvalue weighted by molar-refractivity contribution is 0.113. The van der Waals surface area contributed by atoms with E-state index in [2.05, 4.69) is 36.1 Å². The Labute approximate surface area is 103 Å². The molecule has 94 valence electrons. The predicted octanol–water partition coefficient (Wildman–Crippen LogP) is 2.96. The molecule has 4 nitrogen and oxygen atoms in total. The Morgan fingerprint density at radius 3 is 2.71 bits per heavy atom. The summed E-state index contributed by atoms with van der Waals surface area (Å²) < 4.78 is 5.94. The van der Waals surface area contributed by atoms with Gasteiger partial charge in [-0.05, 0) is 32.1 Å². The summed E-state index contributed by atoms with van der Waals surface area (Å²) in [6, 6.07) is 0. The maximum atomic E-state index is 5.94. The Hall–Kier alpha value is -1.32. The van der Waals surface area contributed by atoms with Gasteiger partial charge in [0, 0.05) is 6.54 Å². The van der Waals surface area contributed by atoms with E-state index in [1.165, 1.54) is 6.42 Å². The summed E-state index contributed by atoms with van der Waals surface area (Å²) >= 11 is 0. The van der Waals surface area contributed by atoms with E-state index in [-0.39, 0.29) is 0 Å². The Morgan fingerprint density at radius 1 is 1.41 bits per heavy atom. The van der Waals surface area contributed by atoms with Crippen molar-refractivity contribution in [3.63, 3.8) is 0 Å². The van der Waals surface area contributed by atoms with E-state index >= 15 is 0 Å². The van der Waals surface area contributed by atoms with Gasteiger partial charge in [-0.25, -0.2) is 9.97 Å². The Bertz CT molecular complexity index is 375. The van der Waals surface area contributed by atoms with Crippen molar-refractivity contribution in [3.05, 3.63) is 11.9 Å². The number of nitrogens with one attached hydrogen (secondary N) is 1. The van der Waals surface area contributed by atoms with E-state index in [1.807, 2.05) is 0 Å². The van der Waals surface area contributed by atoms with Crippen molar-refractivity contribution in [3.8, 4) is 5.88 Å². The first-order chi connectivity index (χ1) is 8.22. The topological polar surface area (TPSA) is 47.0 Å². The molecule has 2 rings (SSSR count). The van der Waals surface area contributed by atoms with Crippen LogP contribution in [0.2, 0.25) is 0 Å². The highest BCUT2D eigenvalue weighted by molar-refractivity contribution is 5.50. The maximum Gasteiger partial charge on any atom is 0.222 e. The average Bonchev–Trinajstić information content (AvgIpc) is 2.23. The monoisotopic (exact) mass is 235 g/mol. The fourth-order valence-electron chi connectivity index (χ4n) is 1.95. The highest BCUT2D eigenvalue weighted by Crippen LogP contribution is 2.33. The van der Waals surface area contributed by atoms with E-state index in [0.717, 1.165) is 36.6 Å². The molecule has 0 atom stereocenters. The Morgan fingerprint density at radius 2 is 2.18 bits per heavy atom. The second kappa shape index (κ2) is 5.34. The molecule has 1 N–H and O–H groups in total. The highest BCUT2D eigenvalue weighted by atomic mass is 16.5. The van der Waals surface area contributed by atoms with E-state index in [4.69, 9.17) is 4.74 Å². The van der Waals surface area contributed by atoms with Crippen LogP contribution in [-0.2, 0) is 0 Å². The lowest BCUT2D eigenvalue weighted by Crippen LogP contribution is -2.26. The van der Waals surface area contributed by atoms with Gasteiger partial charge in [0.15, 0.2) is 0 Å². The molecule has 0 spiro atoms. The zero-order valence-electron chi connectivity index (χ0n) is 10.9. The third kappa shape index (κ3) is 2.68. The van der Waals surface area contributed by atoms with E-state index in [1.54, 1.807) is 6.33 Å². The first-order valence-electron chi connectivity index (χ1n) is 6.47. The van der Waals surface area contributed by atoms with Crippen LogP contribution in [0.25, 0.3) is 0 Å². The van der Waals surface area contributed by atoms with Crippen molar-refractivity contribution in [2.24, 2.45) is 0 Å². The number of hydrogen-bond donors (Lipinski definition) is 1. The van der Waals surface area contributed by atoms with Crippen LogP contribution in [0.15, 0.2) is 6.33 Å². The molecule has 0 radical (unpaired) electrons. The van der Waals surface area contributed by atoms with Crippen molar-refractivity contribution in [1.82, 2.24) is 9.97 Å². The van der Waals surface area contributed by atoms with Crippen LogP contribution < -0.4 is 10.1 Å². The van der Waals surface area contributed by atoms with E-state index in [9.17, 15) is 0 Å². The molecule has 1 fully saturated rings. The summed E-state index contributed by atoms with van der Waals surface area (Å²) in [4.78, 5) is 8.59. The van der Waals surface area contributed by atoms with Crippen LogP contribution >= 0.6 is 0 Å². The minimum absolute atomic E-state index is 0.358. The lowest BCUT2D eigenvalue weighted by atomic mass is 9.96. The standard InChI is InChI=1S/C13H21N3O/c1-4-14-12-11(9(2)3)13(16-8-15-12)17-10-6-5-7-10/h8-10H,4-7H2,1-3H3,(H,14,15,16). The van der Waals surface area contributed by atoms with Crippen LogP contribution in [-0.4, -0.2) is 22.6 Å². The quantitative estimate of drug-likeness (QED) is 0.852. The zero-order chi connectivity index (χ0) is 12.3. The SMILES string of the molecule is CCNc1ncnc(OC2CCC2)c1C(C)C. The molecule has 1 aliphatic rings. The smallest absolute Gasteiger partial charge is 0.222 e. The molecule has 1 saturated carbocycles. The van der Waals surface area contributed by atoms with Gasteiger partial charge in [0.05, 0.1) is 5.56 Å². The van der Waals surface area contributed by atoms with Crippen molar-refractivity contribution in [1.29, 1.82) is 0 Å². The average molecular weight is 235 g/mol. The van der Waals surface area contributed by atoms with Crippen molar-refractivity contribution >= 4 is 5.82 Å². The number of ether oxygens (including phenoxy) is 1. The summed E-state index contributed by atoms with van der Waals surface area (Å²) in [5.74, 6) is 2.03. The van der Waals surface area contributed by atoms with Crippen LogP contribution in [0.3, 0.4) is 0 Å². The number of nitrogens with zero attached hydrogens (tertiary/aromatic N) is 2. The first-order valence-corrected chi connectivity index (χ1v) is 6.47. The molecule has 1 aliphatic carbocycles. The van der Waals surface area contributed by atoms with Crippen molar-refractivity contribution in [2.75, 3.05) is 11.9 Å². The molecule has 0 bridgehead atoms. The molecular weight excluding hydrogens is 214 g/mol. The van der Waals surface area contributed by atoms with Crippen LogP contribution in [0.4, 0.5) is 5.82 Å². The third-order valence-corrected chi connectivity index (χ3v) is 3.10. The van der Waals surface area contributed by atoms with Gasteiger partial charge in [-0.15, -0.1) is 0 Å². The van der Waals surface area contributed by atoms with Gasteiger partial charge >= 0.3 is 0 Å². The molecule has 1 aromatic rings. The van der Waals surface area contributed by atoms with Gasteiger partial charge in [0.25, 0.3) is 0 Å². The summed E-state index contributed by atoms with van der Waals surface area (Å²) in [6.45, 7) is 7.22. The molecule has 17 heavy (non-hydrogen) atoms. The fourth-order valence-corrected chi connectivity index (χ4v) is 1.95. The molecule has 0 aliphatic heterocycles. The molecule has 1 heterocycles. The predicted molar refractivity (Wildman–Crippen MR) is 68.6 cm³/mol. The zero-order valence-corrected chi connectivity index (χ0v) is 10.9. The van der Waals surface area contributed by atoms with E-state index < -0.39 is 0 Å². The number of hydrogen-bond acceptors (Lipinski definition) is 4. The molecule has 0 saturated heterocycles. The number of rotatable bonds is 5. The van der Waals surface area contributed by atoms with Crippen LogP contribution in [0.1, 0.15) is 51.5 Å². The van der Waals surface area contributed by atoms with Crippen molar-refractivity contribution < 1.29 is 4.74 Å². The minimum atomic E-state index is 0.358. The van der Waals surface area contributed by atoms with Gasteiger partial charge in [0.2, 0.25) is 5.88 Å². The second-order valence-corrected chi connectivity index (χ2v) is 4.80. The summed E-state index contributed by atoms with van der Waals surface area (Å²) in [6.07, 6.45) is 5.51. The van der Waals surface area contributed by atoms with Crippen molar-refractivity contribution in [2.45, 2.75) is 52.1 Å². The first kappa shape index (κ1) is 12.1. The molecule has 0 aromatic carbocycles. The largest absolute Gasteiger partial charge is 0.474 e. The molecule has 0 unspecified atom stereocenters. The molecule has 0 amide bonds. The summed E-state index contributed by atoms with van der Waals surface area (Å²) in [5, 5.41) is 3.28. The van der Waals surface area contributed by atoms with Gasteiger partial charge in [-0.3, -0.25) is 0 Å². The third-order valence-electron chi connectivity index (χ3n) is 3.10. The van der Waals surface area contributed by atoms with Gasteiger partial charge in [0.1, 0.15) is 18.2 Å². The van der Waals surface area contributed by atoms with E-state index in [0.29, 0.717) is 12.0 Å². The molecule has 1 aromatic heterocycles. The van der Waals surface area contributed by atoms with Crippen LogP contribution in [0.5, 0.6) is 5.88 Å².